The fourth-order valence-corrected chi connectivity index (χ4v) is 2.42. The Hall–Kier alpha value is -1.55. The van der Waals surface area contributed by atoms with Crippen LogP contribution >= 0.6 is 0 Å². The molecule has 0 bridgehead atoms. The van der Waals surface area contributed by atoms with E-state index in [4.69, 9.17) is 0 Å². The molecule has 1 heterocycles. The highest BCUT2D eigenvalue weighted by Crippen LogP contribution is 2.29. The van der Waals surface area contributed by atoms with E-state index < -0.39 is 5.60 Å². The van der Waals surface area contributed by atoms with Crippen LogP contribution in [0.3, 0.4) is 0 Å². The standard InChI is InChI=1S/C14H19NO3/c1-3-6-14(18)8-15(9-14)13(17)11-7-10(2)4-5-12(11)16/h4-5,7,16,18H,3,6,8-9H2,1-2H3. The molecule has 0 saturated carbocycles. The number of aryl methyl sites for hydroxylation is 1. The van der Waals surface area contributed by atoms with Crippen LogP contribution in [0.5, 0.6) is 5.75 Å². The Balaban J connectivity index is 2.08. The van der Waals surface area contributed by atoms with E-state index in [-0.39, 0.29) is 11.7 Å². The highest BCUT2D eigenvalue weighted by Gasteiger charge is 2.43. The van der Waals surface area contributed by atoms with Crippen LogP contribution in [-0.2, 0) is 0 Å². The maximum absolute atomic E-state index is 12.1. The van der Waals surface area contributed by atoms with E-state index in [0.717, 1.165) is 12.0 Å². The van der Waals surface area contributed by atoms with Crippen LogP contribution in [-0.4, -0.2) is 39.7 Å². The van der Waals surface area contributed by atoms with Crippen molar-refractivity contribution >= 4 is 5.91 Å². The zero-order chi connectivity index (χ0) is 13.3. The van der Waals surface area contributed by atoms with Gasteiger partial charge in [-0.3, -0.25) is 4.79 Å². The Kier molecular flexibility index (Phi) is 3.30. The molecule has 0 radical (unpaired) electrons. The Labute approximate surface area is 107 Å². The molecule has 4 nitrogen and oxygen atoms in total. The van der Waals surface area contributed by atoms with Gasteiger partial charge in [-0.2, -0.15) is 0 Å². The number of likely N-dealkylation sites (tertiary alicyclic amines) is 1. The maximum Gasteiger partial charge on any atom is 0.257 e. The number of benzene rings is 1. The molecule has 2 N–H and O–H groups in total. The first kappa shape index (κ1) is 12.9. The van der Waals surface area contributed by atoms with E-state index in [1.807, 2.05) is 13.8 Å². The van der Waals surface area contributed by atoms with E-state index in [1.165, 1.54) is 6.07 Å². The molecule has 1 amide bonds. The quantitative estimate of drug-likeness (QED) is 0.857. The third kappa shape index (κ3) is 2.34. The van der Waals surface area contributed by atoms with Crippen LogP contribution in [0, 0.1) is 6.92 Å². The topological polar surface area (TPSA) is 60.8 Å². The molecule has 1 saturated heterocycles. The number of amides is 1. The third-order valence-corrected chi connectivity index (χ3v) is 3.36. The van der Waals surface area contributed by atoms with Crippen LogP contribution in [0.1, 0.15) is 35.7 Å². The van der Waals surface area contributed by atoms with Gasteiger partial charge in [0, 0.05) is 0 Å². The predicted octanol–water partition coefficient (Wildman–Crippen LogP) is 1.69. The molecule has 1 aliphatic rings. The summed E-state index contributed by atoms with van der Waals surface area (Å²) in [6.45, 7) is 4.59. The summed E-state index contributed by atoms with van der Waals surface area (Å²) in [7, 11) is 0. The number of hydrogen-bond acceptors (Lipinski definition) is 3. The number of aromatic hydroxyl groups is 1. The number of carbonyl (C=O) groups is 1. The van der Waals surface area contributed by atoms with Gasteiger partial charge < -0.3 is 15.1 Å². The van der Waals surface area contributed by atoms with Gasteiger partial charge >= 0.3 is 0 Å². The van der Waals surface area contributed by atoms with Gasteiger partial charge in [-0.25, -0.2) is 0 Å². The number of phenolic OH excluding ortho intramolecular Hbond substituents is 1. The lowest BCUT2D eigenvalue weighted by Gasteiger charge is -2.46. The van der Waals surface area contributed by atoms with Crippen LogP contribution in [0.4, 0.5) is 0 Å². The first-order valence-electron chi connectivity index (χ1n) is 6.26. The Morgan fingerprint density at radius 1 is 1.44 bits per heavy atom. The van der Waals surface area contributed by atoms with Crippen molar-refractivity contribution in [2.45, 2.75) is 32.3 Å². The first-order valence-corrected chi connectivity index (χ1v) is 6.26. The second-order valence-electron chi connectivity index (χ2n) is 5.16. The van der Waals surface area contributed by atoms with Gasteiger partial charge in [-0.1, -0.05) is 25.0 Å². The monoisotopic (exact) mass is 249 g/mol. The van der Waals surface area contributed by atoms with Gasteiger partial charge in [0.05, 0.1) is 24.3 Å². The van der Waals surface area contributed by atoms with Gasteiger partial charge in [-0.05, 0) is 25.5 Å². The molecule has 1 aliphatic heterocycles. The number of carbonyl (C=O) groups excluding carboxylic acids is 1. The largest absolute Gasteiger partial charge is 0.507 e. The van der Waals surface area contributed by atoms with Crippen LogP contribution in [0.2, 0.25) is 0 Å². The zero-order valence-corrected chi connectivity index (χ0v) is 10.8. The number of hydrogen-bond donors (Lipinski definition) is 2. The van der Waals surface area contributed by atoms with Crippen LogP contribution in [0.15, 0.2) is 18.2 Å². The van der Waals surface area contributed by atoms with Gasteiger partial charge in [0.1, 0.15) is 5.75 Å². The Morgan fingerprint density at radius 2 is 2.11 bits per heavy atom. The molecular weight excluding hydrogens is 230 g/mol. The molecule has 0 aromatic heterocycles. The molecule has 1 aromatic carbocycles. The highest BCUT2D eigenvalue weighted by atomic mass is 16.3. The summed E-state index contributed by atoms with van der Waals surface area (Å²) in [5.74, 6) is -0.214. The lowest BCUT2D eigenvalue weighted by atomic mass is 9.88. The molecule has 1 fully saturated rings. The van der Waals surface area contributed by atoms with Crippen molar-refractivity contribution in [2.24, 2.45) is 0 Å². The molecular formula is C14H19NO3. The minimum atomic E-state index is -0.732. The average Bonchev–Trinajstić information content (AvgIpc) is 2.28. The van der Waals surface area contributed by atoms with Crippen molar-refractivity contribution in [3.63, 3.8) is 0 Å². The summed E-state index contributed by atoms with van der Waals surface area (Å²) in [6.07, 6.45) is 1.60. The molecule has 2 rings (SSSR count). The number of β-amino-alcohol motifs (C(OH)–C–C–N with tert-alkyl or cyclic N) is 1. The summed E-state index contributed by atoms with van der Waals surface area (Å²) in [6, 6.07) is 4.96. The summed E-state index contributed by atoms with van der Waals surface area (Å²) in [5.41, 5.74) is 0.512. The van der Waals surface area contributed by atoms with Crippen molar-refractivity contribution in [3.05, 3.63) is 29.3 Å². The van der Waals surface area contributed by atoms with Crippen molar-refractivity contribution < 1.29 is 15.0 Å². The third-order valence-electron chi connectivity index (χ3n) is 3.36. The molecule has 0 spiro atoms. The molecule has 0 unspecified atom stereocenters. The minimum Gasteiger partial charge on any atom is -0.507 e. The van der Waals surface area contributed by atoms with Crippen molar-refractivity contribution in [2.75, 3.05) is 13.1 Å². The van der Waals surface area contributed by atoms with Gasteiger partial charge in [-0.15, -0.1) is 0 Å². The average molecular weight is 249 g/mol. The van der Waals surface area contributed by atoms with Crippen LogP contribution < -0.4 is 0 Å². The predicted molar refractivity (Wildman–Crippen MR) is 68.6 cm³/mol. The number of phenols is 1. The molecule has 18 heavy (non-hydrogen) atoms. The Morgan fingerprint density at radius 3 is 2.72 bits per heavy atom. The number of nitrogens with zero attached hydrogens (tertiary/aromatic N) is 1. The fraction of sp³-hybridized carbons (Fsp3) is 0.500. The summed E-state index contributed by atoms with van der Waals surface area (Å²) in [4.78, 5) is 13.7. The fourth-order valence-electron chi connectivity index (χ4n) is 2.42. The van der Waals surface area contributed by atoms with E-state index in [9.17, 15) is 15.0 Å². The summed E-state index contributed by atoms with van der Waals surface area (Å²) >= 11 is 0. The number of rotatable bonds is 3. The molecule has 0 atom stereocenters. The van der Waals surface area contributed by atoms with E-state index in [2.05, 4.69) is 0 Å². The SMILES string of the molecule is CCCC1(O)CN(C(=O)c2cc(C)ccc2O)C1. The second kappa shape index (κ2) is 4.61. The highest BCUT2D eigenvalue weighted by molar-refractivity contribution is 5.97. The Bertz CT molecular complexity index is 464. The summed E-state index contributed by atoms with van der Waals surface area (Å²) in [5, 5.41) is 19.7. The van der Waals surface area contributed by atoms with Crippen molar-refractivity contribution in [3.8, 4) is 5.75 Å². The first-order chi connectivity index (χ1) is 8.45. The minimum absolute atomic E-state index is 0.00321. The van der Waals surface area contributed by atoms with E-state index in [1.54, 1.807) is 17.0 Å². The van der Waals surface area contributed by atoms with Crippen molar-refractivity contribution in [1.29, 1.82) is 0 Å². The van der Waals surface area contributed by atoms with E-state index in [0.29, 0.717) is 25.1 Å². The van der Waals surface area contributed by atoms with E-state index >= 15 is 0 Å². The smallest absolute Gasteiger partial charge is 0.257 e. The lowest BCUT2D eigenvalue weighted by Crippen LogP contribution is -2.63. The van der Waals surface area contributed by atoms with Crippen molar-refractivity contribution in [1.82, 2.24) is 4.90 Å². The maximum atomic E-state index is 12.1. The second-order valence-corrected chi connectivity index (χ2v) is 5.16. The normalized spacial score (nSPS) is 17.4. The lowest BCUT2D eigenvalue weighted by molar-refractivity contribution is -0.0860. The zero-order valence-electron chi connectivity index (χ0n) is 10.8. The van der Waals surface area contributed by atoms with Crippen LogP contribution in [0.25, 0.3) is 0 Å². The van der Waals surface area contributed by atoms with Gasteiger partial charge in [0.15, 0.2) is 0 Å². The number of aliphatic hydroxyl groups is 1. The van der Waals surface area contributed by atoms with Gasteiger partial charge in [0.25, 0.3) is 5.91 Å². The molecule has 4 heteroatoms. The molecule has 98 valence electrons. The molecule has 0 aliphatic carbocycles. The molecule has 1 aromatic rings. The van der Waals surface area contributed by atoms with Gasteiger partial charge in [0.2, 0.25) is 0 Å². The summed E-state index contributed by atoms with van der Waals surface area (Å²) < 4.78 is 0.